The van der Waals surface area contributed by atoms with Gasteiger partial charge in [-0.05, 0) is 30.5 Å². The number of fused-ring (bicyclic) bond motifs is 1. The van der Waals surface area contributed by atoms with Crippen LogP contribution in [-0.4, -0.2) is 39.4 Å². The molecule has 140 valence electrons. The Kier molecular flexibility index (Phi) is 5.97. The summed E-state index contributed by atoms with van der Waals surface area (Å²) in [6, 6.07) is 11.0. The monoisotopic (exact) mass is 384 g/mol. The third-order valence-corrected chi connectivity index (χ3v) is 5.03. The van der Waals surface area contributed by atoms with E-state index in [1.54, 1.807) is 36.5 Å². The molecule has 1 aromatic carbocycles. The zero-order valence-electron chi connectivity index (χ0n) is 14.9. The van der Waals surface area contributed by atoms with Crippen molar-refractivity contribution in [3.05, 3.63) is 63.2 Å². The number of para-hydroxylation sites is 2. The number of carbonyl (C=O) groups is 2. The molecule has 3 rings (SSSR count). The van der Waals surface area contributed by atoms with Gasteiger partial charge in [0.05, 0.1) is 30.3 Å². The average Bonchev–Trinajstić information content (AvgIpc) is 3.20. The minimum Gasteiger partial charge on any atom is -0.350 e. The van der Waals surface area contributed by atoms with Gasteiger partial charge in [0.1, 0.15) is 6.54 Å². The van der Waals surface area contributed by atoms with Crippen LogP contribution in [-0.2, 0) is 22.7 Å². The second-order valence-corrected chi connectivity index (χ2v) is 6.97. The molecule has 0 bridgehead atoms. The van der Waals surface area contributed by atoms with Crippen LogP contribution in [0.5, 0.6) is 0 Å². The minimum atomic E-state index is -0.347. The molecule has 3 aromatic rings. The number of nitrogens with one attached hydrogen (secondary N) is 1. The molecule has 7 nitrogen and oxygen atoms in total. The number of likely N-dealkylation sites (N-methyl/N-ethyl adjacent to an activating group) is 1. The van der Waals surface area contributed by atoms with Crippen molar-refractivity contribution in [1.29, 1.82) is 0 Å². The maximum Gasteiger partial charge on any atom is 0.269 e. The number of rotatable bonds is 7. The molecule has 0 radical (unpaired) electrons. The molecule has 0 atom stereocenters. The Bertz CT molecular complexity index is 998. The van der Waals surface area contributed by atoms with E-state index in [9.17, 15) is 14.4 Å². The number of hydrogen-bond acceptors (Lipinski definition) is 5. The minimum absolute atomic E-state index is 0.0432. The van der Waals surface area contributed by atoms with Gasteiger partial charge in [0.15, 0.2) is 0 Å². The van der Waals surface area contributed by atoms with Gasteiger partial charge < -0.3 is 10.2 Å². The Hall–Kier alpha value is -3.00. The number of carbonyl (C=O) groups excluding carboxylic acids is 2. The molecule has 0 saturated heterocycles. The normalized spacial score (nSPS) is 10.7. The number of aromatic nitrogens is 2. The first-order chi connectivity index (χ1) is 13.1. The Labute approximate surface area is 160 Å². The number of nitrogens with zero attached hydrogens (tertiary/aromatic N) is 3. The van der Waals surface area contributed by atoms with Gasteiger partial charge in [0.2, 0.25) is 11.8 Å². The number of amides is 2. The Morgan fingerprint density at radius 1 is 1.22 bits per heavy atom. The lowest BCUT2D eigenvalue weighted by Crippen LogP contribution is -2.42. The molecule has 27 heavy (non-hydrogen) atoms. The fourth-order valence-electron chi connectivity index (χ4n) is 2.72. The van der Waals surface area contributed by atoms with Crippen LogP contribution in [0.2, 0.25) is 0 Å². The van der Waals surface area contributed by atoms with Gasteiger partial charge in [-0.25, -0.2) is 4.98 Å². The van der Waals surface area contributed by atoms with Crippen LogP contribution in [0.4, 0.5) is 0 Å². The molecule has 0 aliphatic heterocycles. The van der Waals surface area contributed by atoms with E-state index >= 15 is 0 Å². The quantitative estimate of drug-likeness (QED) is 0.671. The van der Waals surface area contributed by atoms with Crippen LogP contribution in [0.1, 0.15) is 11.8 Å². The number of benzene rings is 1. The molecule has 1 N–H and O–H groups in total. The SMILES string of the molecule is CCN(CC(=O)NCc1cccs1)C(=O)Cn1c(=O)cnc2ccccc21. The molecule has 0 saturated carbocycles. The highest BCUT2D eigenvalue weighted by atomic mass is 32.1. The van der Waals surface area contributed by atoms with Gasteiger partial charge in [-0.15, -0.1) is 11.3 Å². The lowest BCUT2D eigenvalue weighted by atomic mass is 10.3. The van der Waals surface area contributed by atoms with Gasteiger partial charge in [-0.1, -0.05) is 18.2 Å². The topological polar surface area (TPSA) is 84.3 Å². The highest BCUT2D eigenvalue weighted by molar-refractivity contribution is 7.09. The van der Waals surface area contributed by atoms with Crippen molar-refractivity contribution < 1.29 is 9.59 Å². The Morgan fingerprint density at radius 3 is 2.78 bits per heavy atom. The van der Waals surface area contributed by atoms with E-state index in [0.717, 1.165) is 4.88 Å². The summed E-state index contributed by atoms with van der Waals surface area (Å²) in [5.74, 6) is -0.521. The highest BCUT2D eigenvalue weighted by Crippen LogP contribution is 2.09. The van der Waals surface area contributed by atoms with Crippen molar-refractivity contribution in [2.75, 3.05) is 13.1 Å². The molecule has 2 amide bonds. The van der Waals surface area contributed by atoms with E-state index in [0.29, 0.717) is 24.1 Å². The van der Waals surface area contributed by atoms with Crippen LogP contribution < -0.4 is 10.9 Å². The fraction of sp³-hybridized carbons (Fsp3) is 0.263. The third kappa shape index (κ3) is 4.59. The van der Waals surface area contributed by atoms with Gasteiger partial charge in [0, 0.05) is 11.4 Å². The van der Waals surface area contributed by atoms with E-state index in [4.69, 9.17) is 0 Å². The molecular weight excluding hydrogens is 364 g/mol. The lowest BCUT2D eigenvalue weighted by molar-refractivity contribution is -0.136. The van der Waals surface area contributed by atoms with E-state index in [1.807, 2.05) is 23.6 Å². The van der Waals surface area contributed by atoms with Gasteiger partial charge in [-0.3, -0.25) is 19.0 Å². The number of thiophene rings is 1. The van der Waals surface area contributed by atoms with Crippen LogP contribution in [0.15, 0.2) is 52.8 Å². The molecule has 0 aliphatic carbocycles. The first kappa shape index (κ1) is 18.8. The smallest absolute Gasteiger partial charge is 0.269 e. The second kappa shape index (κ2) is 8.59. The maximum absolute atomic E-state index is 12.7. The summed E-state index contributed by atoms with van der Waals surface area (Å²) in [4.78, 5) is 43.6. The summed E-state index contributed by atoms with van der Waals surface area (Å²) >= 11 is 1.56. The van der Waals surface area contributed by atoms with Crippen LogP contribution in [0.25, 0.3) is 11.0 Å². The molecule has 8 heteroatoms. The van der Waals surface area contributed by atoms with Gasteiger partial charge in [-0.2, -0.15) is 0 Å². The lowest BCUT2D eigenvalue weighted by Gasteiger charge is -2.21. The maximum atomic E-state index is 12.7. The summed E-state index contributed by atoms with van der Waals surface area (Å²) in [5, 5.41) is 4.75. The summed E-state index contributed by atoms with van der Waals surface area (Å²) in [6.07, 6.45) is 1.21. The molecule has 0 aliphatic rings. The first-order valence-electron chi connectivity index (χ1n) is 8.60. The highest BCUT2D eigenvalue weighted by Gasteiger charge is 2.17. The molecule has 0 spiro atoms. The average molecular weight is 384 g/mol. The van der Waals surface area contributed by atoms with E-state index < -0.39 is 0 Å². The molecular formula is C19H20N4O3S. The second-order valence-electron chi connectivity index (χ2n) is 5.94. The van der Waals surface area contributed by atoms with Crippen molar-refractivity contribution in [3.8, 4) is 0 Å². The predicted octanol–water partition coefficient (Wildman–Crippen LogP) is 1.62. The third-order valence-electron chi connectivity index (χ3n) is 4.15. The molecule has 0 fully saturated rings. The Balaban J connectivity index is 1.68. The van der Waals surface area contributed by atoms with Crippen LogP contribution in [0, 0.1) is 0 Å². The molecule has 0 unspecified atom stereocenters. The fourth-order valence-corrected chi connectivity index (χ4v) is 3.36. The van der Waals surface area contributed by atoms with Crippen molar-refractivity contribution in [3.63, 3.8) is 0 Å². The number of hydrogen-bond donors (Lipinski definition) is 1. The van der Waals surface area contributed by atoms with Crippen molar-refractivity contribution in [2.24, 2.45) is 0 Å². The van der Waals surface area contributed by atoms with Gasteiger partial charge in [0.25, 0.3) is 5.56 Å². The van der Waals surface area contributed by atoms with Crippen molar-refractivity contribution in [1.82, 2.24) is 19.8 Å². The first-order valence-corrected chi connectivity index (χ1v) is 9.48. The van der Waals surface area contributed by atoms with E-state index in [1.165, 1.54) is 15.7 Å². The Morgan fingerprint density at radius 2 is 2.04 bits per heavy atom. The zero-order valence-corrected chi connectivity index (χ0v) is 15.7. The van der Waals surface area contributed by atoms with Crippen LogP contribution >= 0.6 is 11.3 Å². The van der Waals surface area contributed by atoms with Crippen molar-refractivity contribution in [2.45, 2.75) is 20.0 Å². The largest absolute Gasteiger partial charge is 0.350 e. The standard InChI is InChI=1S/C19H20N4O3S/c1-2-22(12-17(24)21-10-14-6-5-9-27-14)19(26)13-23-16-8-4-3-7-15(16)20-11-18(23)25/h3-9,11H,2,10,12-13H2,1H3,(H,21,24). The van der Waals surface area contributed by atoms with Gasteiger partial charge >= 0.3 is 0 Å². The van der Waals surface area contributed by atoms with Crippen LogP contribution in [0.3, 0.4) is 0 Å². The van der Waals surface area contributed by atoms with E-state index in [2.05, 4.69) is 10.3 Å². The van der Waals surface area contributed by atoms with E-state index in [-0.39, 0.29) is 30.5 Å². The molecule has 2 aromatic heterocycles. The van der Waals surface area contributed by atoms with Crippen molar-refractivity contribution >= 4 is 34.2 Å². The summed E-state index contributed by atoms with van der Waals surface area (Å²) in [5.41, 5.74) is 0.887. The summed E-state index contributed by atoms with van der Waals surface area (Å²) in [6.45, 7) is 2.45. The molecule has 2 heterocycles. The predicted molar refractivity (Wildman–Crippen MR) is 104 cm³/mol. The zero-order chi connectivity index (χ0) is 19.2. The summed E-state index contributed by atoms with van der Waals surface area (Å²) in [7, 11) is 0. The summed E-state index contributed by atoms with van der Waals surface area (Å²) < 4.78 is 1.39.